The number of aryl methyl sites for hydroxylation is 1. The Morgan fingerprint density at radius 3 is 3.05 bits per heavy atom. The topological polar surface area (TPSA) is 45.2 Å². The van der Waals surface area contributed by atoms with Crippen LogP contribution in [-0.2, 0) is 0 Å². The zero-order chi connectivity index (χ0) is 15.1. The maximum Gasteiger partial charge on any atom is 0.265 e. The van der Waals surface area contributed by atoms with Gasteiger partial charge < -0.3 is 10.2 Å². The highest BCUT2D eigenvalue weighted by atomic mass is 32.1. The zero-order valence-electron chi connectivity index (χ0n) is 12.5. The van der Waals surface area contributed by atoms with Crippen LogP contribution in [0.5, 0.6) is 0 Å². The average Bonchev–Trinajstić information content (AvgIpc) is 3.18. The van der Waals surface area contributed by atoms with Crippen LogP contribution in [0.25, 0.3) is 9.88 Å². The van der Waals surface area contributed by atoms with Gasteiger partial charge in [-0.05, 0) is 37.6 Å². The predicted octanol–water partition coefficient (Wildman–Crippen LogP) is 3.15. The summed E-state index contributed by atoms with van der Waals surface area (Å²) >= 11 is 3.21. The van der Waals surface area contributed by atoms with Crippen LogP contribution in [0.2, 0.25) is 0 Å². The fourth-order valence-electron chi connectivity index (χ4n) is 3.37. The molecule has 0 spiro atoms. The Morgan fingerprint density at radius 2 is 2.23 bits per heavy atom. The molecule has 2 aromatic heterocycles. The third-order valence-corrected chi connectivity index (χ3v) is 6.72. The Hall–Kier alpha value is -1.24. The Labute approximate surface area is 138 Å². The molecule has 0 aromatic carbocycles. The highest BCUT2D eigenvalue weighted by Crippen LogP contribution is 2.32. The Kier molecular flexibility index (Phi) is 3.76. The van der Waals surface area contributed by atoms with Crippen LogP contribution >= 0.6 is 22.7 Å². The Balaban J connectivity index is 1.57. The van der Waals surface area contributed by atoms with Gasteiger partial charge in [0, 0.05) is 25.2 Å². The SMILES string of the molecule is Cc1nc(-c2cccs2)sc1C(=O)N1CCC2CCC(C1)N2. The van der Waals surface area contributed by atoms with Gasteiger partial charge in [-0.15, -0.1) is 22.7 Å². The molecule has 22 heavy (non-hydrogen) atoms. The minimum atomic E-state index is 0.159. The number of aromatic nitrogens is 1. The summed E-state index contributed by atoms with van der Waals surface area (Å²) in [7, 11) is 0. The number of thiazole rings is 1. The van der Waals surface area contributed by atoms with Crippen molar-refractivity contribution in [2.45, 2.75) is 38.3 Å². The molecule has 0 aliphatic carbocycles. The molecule has 2 atom stereocenters. The van der Waals surface area contributed by atoms with Crippen LogP contribution in [0.1, 0.15) is 34.6 Å². The average molecular weight is 333 g/mol. The van der Waals surface area contributed by atoms with E-state index in [2.05, 4.69) is 16.4 Å². The summed E-state index contributed by atoms with van der Waals surface area (Å²) < 4.78 is 0. The third-order valence-electron chi connectivity index (χ3n) is 4.53. The van der Waals surface area contributed by atoms with Crippen LogP contribution in [0, 0.1) is 6.92 Å². The van der Waals surface area contributed by atoms with E-state index >= 15 is 0 Å². The molecule has 1 amide bonds. The van der Waals surface area contributed by atoms with Crippen LogP contribution in [0.3, 0.4) is 0 Å². The number of fused-ring (bicyclic) bond motifs is 2. The van der Waals surface area contributed by atoms with E-state index in [1.807, 2.05) is 23.3 Å². The van der Waals surface area contributed by atoms with E-state index in [0.717, 1.165) is 40.0 Å². The van der Waals surface area contributed by atoms with Gasteiger partial charge in [0.1, 0.15) is 9.88 Å². The number of hydrogen-bond donors (Lipinski definition) is 1. The van der Waals surface area contributed by atoms with Gasteiger partial charge in [0.05, 0.1) is 10.6 Å². The van der Waals surface area contributed by atoms with Crippen molar-refractivity contribution < 1.29 is 4.79 Å². The molecule has 4 heterocycles. The number of likely N-dealkylation sites (tertiary alicyclic amines) is 1. The highest BCUT2D eigenvalue weighted by Gasteiger charge is 2.32. The van der Waals surface area contributed by atoms with Crippen molar-refractivity contribution in [3.8, 4) is 9.88 Å². The fourth-order valence-corrected chi connectivity index (χ4v) is 5.20. The monoisotopic (exact) mass is 333 g/mol. The number of hydrogen-bond acceptors (Lipinski definition) is 5. The molecular weight excluding hydrogens is 314 g/mol. The molecule has 6 heteroatoms. The van der Waals surface area contributed by atoms with E-state index in [0.29, 0.717) is 12.1 Å². The van der Waals surface area contributed by atoms with Crippen molar-refractivity contribution in [3.05, 3.63) is 28.1 Å². The van der Waals surface area contributed by atoms with Gasteiger partial charge in [-0.25, -0.2) is 4.98 Å². The summed E-state index contributed by atoms with van der Waals surface area (Å²) in [6.07, 6.45) is 3.52. The summed E-state index contributed by atoms with van der Waals surface area (Å²) in [6.45, 7) is 3.64. The number of carbonyl (C=O) groups is 1. The van der Waals surface area contributed by atoms with Crippen molar-refractivity contribution in [2.24, 2.45) is 0 Å². The van der Waals surface area contributed by atoms with Gasteiger partial charge in [-0.3, -0.25) is 4.79 Å². The van der Waals surface area contributed by atoms with E-state index in [4.69, 9.17) is 0 Å². The number of amides is 1. The predicted molar refractivity (Wildman–Crippen MR) is 90.6 cm³/mol. The molecule has 2 aliphatic rings. The van der Waals surface area contributed by atoms with E-state index < -0.39 is 0 Å². The maximum absolute atomic E-state index is 12.9. The standard InChI is InChI=1S/C16H19N3OS2/c1-10-14(22-15(17-10)13-3-2-8-21-13)16(20)19-7-6-11-4-5-12(9-19)18-11/h2-3,8,11-12,18H,4-7,9H2,1H3. The second-order valence-electron chi connectivity index (χ2n) is 6.09. The molecule has 4 nitrogen and oxygen atoms in total. The van der Waals surface area contributed by atoms with Gasteiger partial charge in [-0.1, -0.05) is 6.07 Å². The number of carbonyl (C=O) groups excluding carboxylic acids is 1. The molecule has 0 radical (unpaired) electrons. The summed E-state index contributed by atoms with van der Waals surface area (Å²) in [5, 5.41) is 6.64. The molecule has 2 aliphatic heterocycles. The largest absolute Gasteiger partial charge is 0.336 e. The van der Waals surface area contributed by atoms with E-state index in [9.17, 15) is 4.79 Å². The van der Waals surface area contributed by atoms with Gasteiger partial charge in [0.25, 0.3) is 5.91 Å². The van der Waals surface area contributed by atoms with E-state index in [-0.39, 0.29) is 5.91 Å². The zero-order valence-corrected chi connectivity index (χ0v) is 14.2. The number of nitrogens with zero attached hydrogens (tertiary/aromatic N) is 2. The lowest BCUT2D eigenvalue weighted by Gasteiger charge is -2.23. The van der Waals surface area contributed by atoms with E-state index in [1.165, 1.54) is 24.2 Å². The minimum absolute atomic E-state index is 0.159. The molecule has 2 saturated heterocycles. The second kappa shape index (κ2) is 5.76. The van der Waals surface area contributed by atoms with Crippen LogP contribution in [0.15, 0.2) is 17.5 Å². The van der Waals surface area contributed by atoms with E-state index in [1.54, 1.807) is 11.3 Å². The van der Waals surface area contributed by atoms with Crippen LogP contribution in [-0.4, -0.2) is 41.0 Å². The number of thiophene rings is 1. The molecule has 2 fully saturated rings. The number of rotatable bonds is 2. The summed E-state index contributed by atoms with van der Waals surface area (Å²) in [5.41, 5.74) is 0.862. The molecule has 0 saturated carbocycles. The van der Waals surface area contributed by atoms with Gasteiger partial charge in [0.15, 0.2) is 0 Å². The number of nitrogens with one attached hydrogen (secondary N) is 1. The summed E-state index contributed by atoms with van der Waals surface area (Å²) in [6, 6.07) is 5.16. The smallest absolute Gasteiger partial charge is 0.265 e. The van der Waals surface area contributed by atoms with Gasteiger partial charge >= 0.3 is 0 Å². The normalized spacial score (nSPS) is 24.5. The molecule has 2 unspecified atom stereocenters. The van der Waals surface area contributed by atoms with Gasteiger partial charge in [0.2, 0.25) is 0 Å². The van der Waals surface area contributed by atoms with Crippen molar-refractivity contribution in [1.29, 1.82) is 0 Å². The minimum Gasteiger partial charge on any atom is -0.336 e. The molecule has 116 valence electrons. The second-order valence-corrected chi connectivity index (χ2v) is 8.04. The van der Waals surface area contributed by atoms with Crippen molar-refractivity contribution in [2.75, 3.05) is 13.1 Å². The van der Waals surface area contributed by atoms with Crippen molar-refractivity contribution in [1.82, 2.24) is 15.2 Å². The molecule has 4 rings (SSSR count). The quantitative estimate of drug-likeness (QED) is 0.918. The van der Waals surface area contributed by atoms with Crippen molar-refractivity contribution >= 4 is 28.6 Å². The fraction of sp³-hybridized carbons (Fsp3) is 0.500. The highest BCUT2D eigenvalue weighted by molar-refractivity contribution is 7.22. The molecule has 1 N–H and O–H groups in total. The molecule has 2 bridgehead atoms. The third kappa shape index (κ3) is 2.59. The maximum atomic E-state index is 12.9. The first kappa shape index (κ1) is 14.4. The Bertz CT molecular complexity index is 680. The Morgan fingerprint density at radius 1 is 1.36 bits per heavy atom. The summed E-state index contributed by atoms with van der Waals surface area (Å²) in [5.74, 6) is 0.159. The van der Waals surface area contributed by atoms with Crippen LogP contribution < -0.4 is 5.32 Å². The first-order valence-electron chi connectivity index (χ1n) is 7.77. The first-order valence-corrected chi connectivity index (χ1v) is 9.47. The molecular formula is C16H19N3OS2. The lowest BCUT2D eigenvalue weighted by Crippen LogP contribution is -2.39. The van der Waals surface area contributed by atoms with Crippen LogP contribution in [0.4, 0.5) is 0 Å². The lowest BCUT2D eigenvalue weighted by molar-refractivity contribution is 0.0752. The molecule has 2 aromatic rings. The summed E-state index contributed by atoms with van der Waals surface area (Å²) in [4.78, 5) is 21.5. The van der Waals surface area contributed by atoms with Gasteiger partial charge in [-0.2, -0.15) is 0 Å². The first-order chi connectivity index (χ1) is 10.7. The van der Waals surface area contributed by atoms with Crippen molar-refractivity contribution in [3.63, 3.8) is 0 Å². The lowest BCUT2D eigenvalue weighted by atomic mass is 10.1.